The van der Waals surface area contributed by atoms with Crippen molar-refractivity contribution in [2.24, 2.45) is 0 Å². The SMILES string of the molecule is CC(C)(C)c1ccc(O)c(-c2ccnn2-c2ccc(Br)cc2)c1. The molecule has 0 unspecified atom stereocenters. The van der Waals surface area contributed by atoms with Crippen LogP contribution in [0.15, 0.2) is 59.2 Å². The molecule has 2 aromatic carbocycles. The minimum atomic E-state index is 0.0188. The normalized spacial score (nSPS) is 11.7. The molecule has 0 spiro atoms. The highest BCUT2D eigenvalue weighted by Crippen LogP contribution is 2.34. The quantitative estimate of drug-likeness (QED) is 0.663. The minimum Gasteiger partial charge on any atom is -0.507 e. The molecule has 4 heteroatoms. The van der Waals surface area contributed by atoms with Gasteiger partial charge in [0.25, 0.3) is 0 Å². The first-order valence-corrected chi connectivity index (χ1v) is 8.29. The van der Waals surface area contributed by atoms with Crippen molar-refractivity contribution in [3.8, 4) is 22.7 Å². The van der Waals surface area contributed by atoms with E-state index in [4.69, 9.17) is 0 Å². The Labute approximate surface area is 144 Å². The summed E-state index contributed by atoms with van der Waals surface area (Å²) < 4.78 is 2.86. The summed E-state index contributed by atoms with van der Waals surface area (Å²) in [5, 5.41) is 14.8. The number of hydrogen-bond donors (Lipinski definition) is 1. The molecule has 3 aromatic rings. The van der Waals surface area contributed by atoms with Gasteiger partial charge in [-0.15, -0.1) is 0 Å². The first-order chi connectivity index (χ1) is 10.9. The van der Waals surface area contributed by atoms with Crippen LogP contribution in [-0.2, 0) is 5.41 Å². The van der Waals surface area contributed by atoms with Gasteiger partial charge < -0.3 is 5.11 Å². The van der Waals surface area contributed by atoms with Crippen molar-refractivity contribution in [1.82, 2.24) is 9.78 Å². The smallest absolute Gasteiger partial charge is 0.124 e. The minimum absolute atomic E-state index is 0.0188. The van der Waals surface area contributed by atoms with Crippen LogP contribution in [0.4, 0.5) is 0 Å². The van der Waals surface area contributed by atoms with Crippen molar-refractivity contribution >= 4 is 15.9 Å². The number of benzene rings is 2. The Morgan fingerprint density at radius 3 is 2.35 bits per heavy atom. The summed E-state index contributed by atoms with van der Waals surface area (Å²) in [5.41, 5.74) is 3.81. The molecule has 1 N–H and O–H groups in total. The molecule has 23 heavy (non-hydrogen) atoms. The number of phenols is 1. The molecule has 0 saturated heterocycles. The van der Waals surface area contributed by atoms with Gasteiger partial charge >= 0.3 is 0 Å². The summed E-state index contributed by atoms with van der Waals surface area (Å²) in [4.78, 5) is 0. The van der Waals surface area contributed by atoms with Crippen LogP contribution in [0.25, 0.3) is 16.9 Å². The maximum atomic E-state index is 10.3. The molecule has 118 valence electrons. The van der Waals surface area contributed by atoms with E-state index in [9.17, 15) is 5.11 Å². The first-order valence-electron chi connectivity index (χ1n) is 7.50. The van der Waals surface area contributed by atoms with Crippen molar-refractivity contribution < 1.29 is 5.11 Å². The molecular weight excluding hydrogens is 352 g/mol. The average Bonchev–Trinajstić information content (AvgIpc) is 2.96. The van der Waals surface area contributed by atoms with Gasteiger partial charge in [-0.25, -0.2) is 4.68 Å². The Hall–Kier alpha value is -2.07. The zero-order valence-electron chi connectivity index (χ0n) is 13.4. The average molecular weight is 371 g/mol. The summed E-state index contributed by atoms with van der Waals surface area (Å²) in [6.07, 6.45) is 1.75. The predicted molar refractivity (Wildman–Crippen MR) is 97.1 cm³/mol. The second-order valence-corrected chi connectivity index (χ2v) is 7.50. The van der Waals surface area contributed by atoms with E-state index in [0.29, 0.717) is 0 Å². The van der Waals surface area contributed by atoms with E-state index in [1.807, 2.05) is 47.1 Å². The molecule has 0 radical (unpaired) electrons. The van der Waals surface area contributed by atoms with Crippen molar-refractivity contribution in [2.45, 2.75) is 26.2 Å². The molecule has 3 nitrogen and oxygen atoms in total. The molecule has 1 heterocycles. The number of rotatable bonds is 2. The van der Waals surface area contributed by atoms with Crippen molar-refractivity contribution in [1.29, 1.82) is 0 Å². The molecule has 0 aliphatic carbocycles. The van der Waals surface area contributed by atoms with Gasteiger partial charge in [0.1, 0.15) is 5.75 Å². The van der Waals surface area contributed by atoms with E-state index in [1.165, 1.54) is 5.56 Å². The molecule has 0 saturated carbocycles. The Morgan fingerprint density at radius 2 is 1.70 bits per heavy atom. The van der Waals surface area contributed by atoms with Crippen molar-refractivity contribution in [3.63, 3.8) is 0 Å². The van der Waals surface area contributed by atoms with Crippen LogP contribution in [0.2, 0.25) is 0 Å². The molecule has 0 atom stereocenters. The van der Waals surface area contributed by atoms with Gasteiger partial charge in [0.15, 0.2) is 0 Å². The number of halogens is 1. The second-order valence-electron chi connectivity index (χ2n) is 6.59. The molecule has 0 aliphatic heterocycles. The van der Waals surface area contributed by atoms with Gasteiger partial charge in [0, 0.05) is 10.0 Å². The monoisotopic (exact) mass is 370 g/mol. The number of phenolic OH excluding ortho intramolecular Hbond substituents is 1. The van der Waals surface area contributed by atoms with Gasteiger partial charge in [0.05, 0.1) is 17.6 Å². The molecule has 3 rings (SSSR count). The fraction of sp³-hybridized carbons (Fsp3) is 0.211. The molecule has 0 bridgehead atoms. The van der Waals surface area contributed by atoms with Crippen LogP contribution in [0, 0.1) is 0 Å². The standard InChI is InChI=1S/C19H19BrN2O/c1-19(2,3)13-4-9-18(23)16(12-13)17-10-11-21-22(17)15-7-5-14(20)6-8-15/h4-12,23H,1-3H3. The van der Waals surface area contributed by atoms with E-state index in [1.54, 1.807) is 12.3 Å². The van der Waals surface area contributed by atoms with E-state index >= 15 is 0 Å². The topological polar surface area (TPSA) is 38.1 Å². The zero-order chi connectivity index (χ0) is 16.6. The van der Waals surface area contributed by atoms with Gasteiger partial charge in [-0.1, -0.05) is 42.8 Å². The van der Waals surface area contributed by atoms with Gasteiger partial charge in [0.2, 0.25) is 0 Å². The van der Waals surface area contributed by atoms with Crippen LogP contribution < -0.4 is 0 Å². The van der Waals surface area contributed by atoms with E-state index < -0.39 is 0 Å². The van der Waals surface area contributed by atoms with Gasteiger partial charge in [-0.3, -0.25) is 0 Å². The van der Waals surface area contributed by atoms with E-state index in [2.05, 4.69) is 41.8 Å². The highest BCUT2D eigenvalue weighted by atomic mass is 79.9. The van der Waals surface area contributed by atoms with Crippen LogP contribution in [-0.4, -0.2) is 14.9 Å². The summed E-state index contributed by atoms with van der Waals surface area (Å²) in [6.45, 7) is 6.49. The Morgan fingerprint density at radius 1 is 1.00 bits per heavy atom. The molecule has 0 amide bonds. The molecule has 0 aliphatic rings. The maximum absolute atomic E-state index is 10.3. The second kappa shape index (κ2) is 5.85. The van der Waals surface area contributed by atoms with Crippen LogP contribution in [0.3, 0.4) is 0 Å². The number of nitrogens with zero attached hydrogens (tertiary/aromatic N) is 2. The summed E-state index contributed by atoms with van der Waals surface area (Å²) in [5.74, 6) is 0.261. The Kier molecular flexibility index (Phi) is 4.02. The third kappa shape index (κ3) is 3.17. The molecule has 1 aromatic heterocycles. The van der Waals surface area contributed by atoms with E-state index in [0.717, 1.165) is 21.4 Å². The third-order valence-electron chi connectivity index (χ3n) is 3.85. The lowest BCUT2D eigenvalue weighted by atomic mass is 9.85. The lowest BCUT2D eigenvalue weighted by Gasteiger charge is -2.20. The lowest BCUT2D eigenvalue weighted by molar-refractivity contribution is 0.475. The fourth-order valence-corrected chi connectivity index (χ4v) is 2.77. The predicted octanol–water partition coefficient (Wildman–Crippen LogP) is 5.30. The number of aromatic nitrogens is 2. The van der Waals surface area contributed by atoms with Crippen molar-refractivity contribution in [3.05, 3.63) is 64.8 Å². The fourth-order valence-electron chi connectivity index (χ4n) is 2.50. The van der Waals surface area contributed by atoms with Crippen LogP contribution in [0.1, 0.15) is 26.3 Å². The summed E-state index contributed by atoms with van der Waals surface area (Å²) in [7, 11) is 0. The summed E-state index contributed by atoms with van der Waals surface area (Å²) >= 11 is 3.45. The maximum Gasteiger partial charge on any atom is 0.124 e. The zero-order valence-corrected chi connectivity index (χ0v) is 15.0. The van der Waals surface area contributed by atoms with Crippen LogP contribution in [0.5, 0.6) is 5.75 Å². The summed E-state index contributed by atoms with van der Waals surface area (Å²) in [6, 6.07) is 15.6. The van der Waals surface area contributed by atoms with Crippen molar-refractivity contribution in [2.75, 3.05) is 0 Å². The number of aromatic hydroxyl groups is 1. The number of hydrogen-bond acceptors (Lipinski definition) is 2. The van der Waals surface area contributed by atoms with E-state index in [-0.39, 0.29) is 11.2 Å². The Bertz CT molecular complexity index is 829. The lowest BCUT2D eigenvalue weighted by Crippen LogP contribution is -2.11. The molecule has 0 fully saturated rings. The van der Waals surface area contributed by atoms with Gasteiger partial charge in [-0.05, 0) is 53.4 Å². The van der Waals surface area contributed by atoms with Crippen LogP contribution >= 0.6 is 15.9 Å². The largest absolute Gasteiger partial charge is 0.507 e. The highest BCUT2D eigenvalue weighted by Gasteiger charge is 2.18. The molecular formula is C19H19BrN2O. The highest BCUT2D eigenvalue weighted by molar-refractivity contribution is 9.10. The van der Waals surface area contributed by atoms with Gasteiger partial charge in [-0.2, -0.15) is 5.10 Å². The Balaban J connectivity index is 2.14. The third-order valence-corrected chi connectivity index (χ3v) is 4.38. The first kappa shape index (κ1) is 15.8.